The van der Waals surface area contributed by atoms with Gasteiger partial charge in [0.2, 0.25) is 0 Å². The third-order valence-corrected chi connectivity index (χ3v) is 3.18. The molecule has 1 aliphatic carbocycles. The van der Waals surface area contributed by atoms with Crippen LogP contribution in [0.3, 0.4) is 0 Å². The predicted octanol–water partition coefficient (Wildman–Crippen LogP) is 0.525. The molecule has 0 bridgehead atoms. The van der Waals surface area contributed by atoms with Crippen molar-refractivity contribution in [2.24, 2.45) is 0 Å². The van der Waals surface area contributed by atoms with Gasteiger partial charge in [-0.1, -0.05) is 0 Å². The molecule has 2 rings (SSSR count). The molecule has 1 N–H and O–H groups in total. The smallest absolute Gasteiger partial charge is 0.275 e. The van der Waals surface area contributed by atoms with Crippen LogP contribution in [0.4, 0.5) is 0 Å². The highest BCUT2D eigenvalue weighted by Gasteiger charge is 2.29. The van der Waals surface area contributed by atoms with E-state index in [2.05, 4.69) is 8.75 Å². The number of hydrogen-bond acceptors (Lipinski definition) is 5. The van der Waals surface area contributed by atoms with Crippen LogP contribution >= 0.6 is 11.7 Å². The zero-order chi connectivity index (χ0) is 10.7. The highest BCUT2D eigenvalue weighted by atomic mass is 32.1. The lowest BCUT2D eigenvalue weighted by molar-refractivity contribution is 0.0521. The number of amides is 1. The topological polar surface area (TPSA) is 66.3 Å². The first-order chi connectivity index (χ1) is 7.33. The highest BCUT2D eigenvalue weighted by Crippen LogP contribution is 2.25. The molecular formula is C9H13N3O2S. The molecule has 5 nitrogen and oxygen atoms in total. The average Bonchev–Trinajstić information content (AvgIpc) is 2.66. The van der Waals surface area contributed by atoms with Gasteiger partial charge in [-0.05, 0) is 19.3 Å². The Morgan fingerprint density at radius 2 is 2.47 bits per heavy atom. The van der Waals surface area contributed by atoms with Crippen molar-refractivity contribution >= 4 is 17.6 Å². The van der Waals surface area contributed by atoms with Gasteiger partial charge in [0.25, 0.3) is 5.91 Å². The van der Waals surface area contributed by atoms with E-state index in [4.69, 9.17) is 5.11 Å². The van der Waals surface area contributed by atoms with Gasteiger partial charge in [-0.3, -0.25) is 4.79 Å². The molecule has 1 aromatic heterocycles. The number of aliphatic hydroxyl groups excluding tert-OH is 1. The molecule has 0 spiro atoms. The first-order valence-corrected chi connectivity index (χ1v) is 5.75. The van der Waals surface area contributed by atoms with E-state index >= 15 is 0 Å². The second kappa shape index (κ2) is 4.67. The van der Waals surface area contributed by atoms with Gasteiger partial charge in [0.15, 0.2) is 5.69 Å². The van der Waals surface area contributed by atoms with E-state index in [0.717, 1.165) is 31.0 Å². The summed E-state index contributed by atoms with van der Waals surface area (Å²) in [6, 6.07) is 0.284. The number of hydrogen-bond donors (Lipinski definition) is 1. The average molecular weight is 227 g/mol. The minimum atomic E-state index is -0.109. The molecular weight excluding hydrogens is 214 g/mol. The monoisotopic (exact) mass is 227 g/mol. The van der Waals surface area contributed by atoms with Gasteiger partial charge in [-0.25, -0.2) is 0 Å². The largest absolute Gasteiger partial charge is 0.395 e. The molecule has 1 aliphatic rings. The summed E-state index contributed by atoms with van der Waals surface area (Å²) in [4.78, 5) is 13.7. The molecule has 0 saturated heterocycles. The number of carbonyl (C=O) groups excluding carboxylic acids is 1. The lowest BCUT2D eigenvalue weighted by Crippen LogP contribution is -2.45. The van der Waals surface area contributed by atoms with Crippen LogP contribution in [0.5, 0.6) is 0 Å². The zero-order valence-electron chi connectivity index (χ0n) is 8.30. The van der Waals surface area contributed by atoms with Gasteiger partial charge in [0.05, 0.1) is 24.5 Å². The predicted molar refractivity (Wildman–Crippen MR) is 55.7 cm³/mol. The van der Waals surface area contributed by atoms with Crippen molar-refractivity contribution in [3.05, 3.63) is 11.9 Å². The summed E-state index contributed by atoms with van der Waals surface area (Å²) in [6.45, 7) is 0.390. The van der Waals surface area contributed by atoms with Crippen LogP contribution in [0.1, 0.15) is 29.8 Å². The van der Waals surface area contributed by atoms with Gasteiger partial charge in [-0.15, -0.1) is 0 Å². The van der Waals surface area contributed by atoms with Gasteiger partial charge < -0.3 is 10.0 Å². The zero-order valence-corrected chi connectivity index (χ0v) is 9.11. The maximum Gasteiger partial charge on any atom is 0.275 e. The summed E-state index contributed by atoms with van der Waals surface area (Å²) in [7, 11) is 0. The number of rotatable bonds is 4. The van der Waals surface area contributed by atoms with Crippen molar-refractivity contribution in [2.45, 2.75) is 25.3 Å². The van der Waals surface area contributed by atoms with E-state index in [1.54, 1.807) is 4.90 Å². The summed E-state index contributed by atoms with van der Waals surface area (Å²) in [5.74, 6) is -0.109. The fraction of sp³-hybridized carbons (Fsp3) is 0.667. The van der Waals surface area contributed by atoms with Crippen LogP contribution < -0.4 is 0 Å². The molecule has 1 heterocycles. The summed E-state index contributed by atoms with van der Waals surface area (Å²) in [5.41, 5.74) is 0.389. The van der Waals surface area contributed by atoms with Crippen molar-refractivity contribution in [2.75, 3.05) is 13.2 Å². The van der Waals surface area contributed by atoms with Gasteiger partial charge in [0.1, 0.15) is 0 Å². The van der Waals surface area contributed by atoms with E-state index in [9.17, 15) is 4.79 Å². The normalized spacial score (nSPS) is 16.1. The maximum absolute atomic E-state index is 11.9. The van der Waals surface area contributed by atoms with Crippen molar-refractivity contribution < 1.29 is 9.90 Å². The Bertz CT molecular complexity index is 324. The molecule has 1 aromatic rings. The maximum atomic E-state index is 11.9. The van der Waals surface area contributed by atoms with Crippen LogP contribution in [-0.2, 0) is 0 Å². The first kappa shape index (κ1) is 10.5. The number of aliphatic hydroxyl groups is 1. The SMILES string of the molecule is O=C(c1cnsn1)N(CCO)C1CCC1. The van der Waals surface area contributed by atoms with E-state index in [-0.39, 0.29) is 18.6 Å². The second-order valence-corrected chi connectivity index (χ2v) is 4.16. The number of carbonyl (C=O) groups is 1. The molecule has 1 amide bonds. The lowest BCUT2D eigenvalue weighted by atomic mass is 9.91. The van der Waals surface area contributed by atoms with Gasteiger partial charge in [-0.2, -0.15) is 8.75 Å². The van der Waals surface area contributed by atoms with Gasteiger partial charge in [0, 0.05) is 12.6 Å². The van der Waals surface area contributed by atoms with Gasteiger partial charge >= 0.3 is 0 Å². The molecule has 0 unspecified atom stereocenters. The van der Waals surface area contributed by atoms with Crippen molar-refractivity contribution in [1.82, 2.24) is 13.6 Å². The molecule has 0 aliphatic heterocycles. The Balaban J connectivity index is 2.06. The van der Waals surface area contributed by atoms with Crippen molar-refractivity contribution in [3.8, 4) is 0 Å². The summed E-state index contributed by atoms with van der Waals surface area (Å²) in [5, 5.41) is 8.92. The fourth-order valence-corrected chi connectivity index (χ4v) is 2.07. The highest BCUT2D eigenvalue weighted by molar-refractivity contribution is 6.99. The molecule has 1 fully saturated rings. The Kier molecular flexibility index (Phi) is 3.27. The molecule has 1 saturated carbocycles. The minimum Gasteiger partial charge on any atom is -0.395 e. The lowest BCUT2D eigenvalue weighted by Gasteiger charge is -2.36. The number of nitrogens with zero attached hydrogens (tertiary/aromatic N) is 3. The molecule has 0 aromatic carbocycles. The van der Waals surface area contributed by atoms with E-state index in [0.29, 0.717) is 12.2 Å². The van der Waals surface area contributed by atoms with E-state index in [1.807, 2.05) is 0 Å². The molecule has 0 radical (unpaired) electrons. The summed E-state index contributed by atoms with van der Waals surface area (Å²) >= 11 is 1.03. The minimum absolute atomic E-state index is 0.000193. The second-order valence-electron chi connectivity index (χ2n) is 3.60. The van der Waals surface area contributed by atoms with Crippen LogP contribution in [-0.4, -0.2) is 43.9 Å². The van der Waals surface area contributed by atoms with Crippen LogP contribution in [0.15, 0.2) is 6.20 Å². The molecule has 82 valence electrons. The van der Waals surface area contributed by atoms with Crippen LogP contribution in [0.25, 0.3) is 0 Å². The Morgan fingerprint density at radius 1 is 1.67 bits per heavy atom. The van der Waals surface area contributed by atoms with Crippen molar-refractivity contribution in [1.29, 1.82) is 0 Å². The standard InChI is InChI=1S/C9H13N3O2S/c13-5-4-12(7-2-1-3-7)9(14)8-6-10-15-11-8/h6-7,13H,1-5H2. The third-order valence-electron chi connectivity index (χ3n) is 2.70. The fourth-order valence-electron chi connectivity index (χ4n) is 1.66. The van der Waals surface area contributed by atoms with Crippen LogP contribution in [0.2, 0.25) is 0 Å². The molecule has 15 heavy (non-hydrogen) atoms. The van der Waals surface area contributed by atoms with Crippen molar-refractivity contribution in [3.63, 3.8) is 0 Å². The summed E-state index contributed by atoms with van der Waals surface area (Å²) in [6.07, 6.45) is 4.71. The molecule has 6 heteroatoms. The van der Waals surface area contributed by atoms with E-state index in [1.165, 1.54) is 6.20 Å². The Labute approximate surface area is 92.1 Å². The number of aromatic nitrogens is 2. The Morgan fingerprint density at radius 3 is 2.93 bits per heavy atom. The van der Waals surface area contributed by atoms with E-state index < -0.39 is 0 Å². The summed E-state index contributed by atoms with van der Waals surface area (Å²) < 4.78 is 7.73. The first-order valence-electron chi connectivity index (χ1n) is 5.02. The quantitative estimate of drug-likeness (QED) is 0.814. The van der Waals surface area contributed by atoms with Crippen LogP contribution in [0, 0.1) is 0 Å². The molecule has 0 atom stereocenters. The Hall–Kier alpha value is -1.01. The third kappa shape index (κ3) is 2.15.